The number of carbonyl (C=O) groups is 2. The number of hydrogen-bond donors (Lipinski definition) is 2. The number of nitrogens with zero attached hydrogens (tertiary/aromatic N) is 2. The summed E-state index contributed by atoms with van der Waals surface area (Å²) >= 11 is 0. The molecular formula is C21H32N4O3. The van der Waals surface area contributed by atoms with Gasteiger partial charge in [0, 0.05) is 10.9 Å². The van der Waals surface area contributed by atoms with Crippen molar-refractivity contribution in [1.82, 2.24) is 9.78 Å². The number of benzene rings is 1. The van der Waals surface area contributed by atoms with Gasteiger partial charge in [0.05, 0.1) is 24.4 Å². The zero-order valence-electron chi connectivity index (χ0n) is 17.1. The Balaban J connectivity index is 1.96. The molecule has 0 aliphatic rings. The van der Waals surface area contributed by atoms with Crippen molar-refractivity contribution >= 4 is 22.9 Å². The second-order valence-electron chi connectivity index (χ2n) is 8.33. The third kappa shape index (κ3) is 5.97. The summed E-state index contributed by atoms with van der Waals surface area (Å²) in [6.45, 7) is 7.07. The molecule has 0 bridgehead atoms. The monoisotopic (exact) mass is 388 g/mol. The highest BCUT2D eigenvalue weighted by atomic mass is 16.5. The number of rotatable bonds is 10. The van der Waals surface area contributed by atoms with Crippen molar-refractivity contribution < 1.29 is 14.3 Å². The minimum Gasteiger partial charge on any atom is -0.450 e. The molecule has 1 aromatic heterocycles. The first-order valence-corrected chi connectivity index (χ1v) is 9.89. The number of aromatic nitrogens is 2. The summed E-state index contributed by atoms with van der Waals surface area (Å²) in [5, 5.41) is 5.55. The fourth-order valence-electron chi connectivity index (χ4n) is 3.52. The lowest BCUT2D eigenvalue weighted by Gasteiger charge is -2.31. The molecule has 0 fully saturated rings. The number of hydrogen-bond acceptors (Lipinski definition) is 4. The summed E-state index contributed by atoms with van der Waals surface area (Å²) in [5.74, 6) is -0.428. The van der Waals surface area contributed by atoms with Crippen LogP contribution in [0.15, 0.2) is 24.4 Å². The van der Waals surface area contributed by atoms with E-state index in [9.17, 15) is 9.59 Å². The Kier molecular flexibility index (Phi) is 7.43. The van der Waals surface area contributed by atoms with Crippen LogP contribution in [-0.2, 0) is 4.74 Å². The lowest BCUT2D eigenvalue weighted by atomic mass is 9.83. The van der Waals surface area contributed by atoms with Gasteiger partial charge in [-0.3, -0.25) is 9.48 Å². The van der Waals surface area contributed by atoms with Crippen molar-refractivity contribution in [3.05, 3.63) is 30.0 Å². The van der Waals surface area contributed by atoms with Crippen molar-refractivity contribution in [3.8, 4) is 0 Å². The van der Waals surface area contributed by atoms with E-state index in [4.69, 9.17) is 16.2 Å². The summed E-state index contributed by atoms with van der Waals surface area (Å²) in [6.07, 6.45) is 7.30. The Hall–Kier alpha value is -2.57. The van der Waals surface area contributed by atoms with Crippen LogP contribution in [0.3, 0.4) is 0 Å². The summed E-state index contributed by atoms with van der Waals surface area (Å²) in [5.41, 5.74) is 11.9. The number of fused-ring (bicyclic) bond motifs is 1. The van der Waals surface area contributed by atoms with Crippen LogP contribution >= 0.6 is 0 Å². The van der Waals surface area contributed by atoms with E-state index in [0.29, 0.717) is 12.2 Å². The molecule has 154 valence electrons. The van der Waals surface area contributed by atoms with Crippen molar-refractivity contribution in [2.45, 2.75) is 65.3 Å². The average Bonchev–Trinajstić information content (AvgIpc) is 3.01. The molecule has 0 aliphatic carbocycles. The smallest absolute Gasteiger partial charge is 0.404 e. The second-order valence-corrected chi connectivity index (χ2v) is 8.33. The Bertz CT molecular complexity index is 808. The largest absolute Gasteiger partial charge is 0.450 e. The number of amides is 2. The summed E-state index contributed by atoms with van der Waals surface area (Å²) in [4.78, 5) is 21.9. The zero-order chi connectivity index (χ0) is 20.7. The van der Waals surface area contributed by atoms with Crippen LogP contribution in [0.5, 0.6) is 0 Å². The molecule has 7 heteroatoms. The Morgan fingerprint density at radius 3 is 2.43 bits per heavy atom. The fraction of sp³-hybridized carbons (Fsp3) is 0.571. The van der Waals surface area contributed by atoms with Gasteiger partial charge in [-0.15, -0.1) is 0 Å². The maximum absolute atomic E-state index is 11.4. The summed E-state index contributed by atoms with van der Waals surface area (Å²) in [6, 6.07) is 5.74. The van der Waals surface area contributed by atoms with Gasteiger partial charge in [0.25, 0.3) is 0 Å². The highest BCUT2D eigenvalue weighted by Gasteiger charge is 2.27. The minimum absolute atomic E-state index is 0.0522. The van der Waals surface area contributed by atoms with Gasteiger partial charge in [-0.25, -0.2) is 4.79 Å². The molecule has 0 spiro atoms. The predicted octanol–water partition coefficient (Wildman–Crippen LogP) is 4.16. The molecule has 2 amide bonds. The number of unbranched alkanes of at least 4 members (excludes halogenated alkanes) is 4. The predicted molar refractivity (Wildman–Crippen MR) is 110 cm³/mol. The number of primary amides is 2. The third-order valence-corrected chi connectivity index (χ3v) is 5.04. The average molecular weight is 389 g/mol. The topological polar surface area (TPSA) is 113 Å². The van der Waals surface area contributed by atoms with Gasteiger partial charge in [-0.2, -0.15) is 5.10 Å². The molecule has 2 rings (SSSR count). The molecule has 0 saturated carbocycles. The van der Waals surface area contributed by atoms with Crippen LogP contribution in [0, 0.1) is 5.41 Å². The van der Waals surface area contributed by atoms with E-state index in [1.807, 2.05) is 6.07 Å². The third-order valence-electron chi connectivity index (χ3n) is 5.04. The Labute approximate surface area is 166 Å². The van der Waals surface area contributed by atoms with Gasteiger partial charge < -0.3 is 16.2 Å². The number of carbonyl (C=O) groups excluding carboxylic acids is 2. The van der Waals surface area contributed by atoms with Gasteiger partial charge in [0.2, 0.25) is 5.91 Å². The van der Waals surface area contributed by atoms with Gasteiger partial charge in [0.15, 0.2) is 0 Å². The van der Waals surface area contributed by atoms with E-state index in [2.05, 4.69) is 30.6 Å². The van der Waals surface area contributed by atoms with E-state index >= 15 is 0 Å². The number of ether oxygens (including phenoxy) is 1. The molecule has 1 aromatic carbocycles. The molecule has 2 aromatic rings. The van der Waals surface area contributed by atoms with Gasteiger partial charge in [0.1, 0.15) is 0 Å². The highest BCUT2D eigenvalue weighted by Crippen LogP contribution is 2.36. The van der Waals surface area contributed by atoms with Crippen LogP contribution in [0.4, 0.5) is 4.79 Å². The number of nitrogens with two attached hydrogens (primary N) is 2. The molecule has 1 atom stereocenters. The zero-order valence-corrected chi connectivity index (χ0v) is 17.1. The van der Waals surface area contributed by atoms with Crippen LogP contribution in [-0.4, -0.2) is 28.4 Å². The van der Waals surface area contributed by atoms with Crippen LogP contribution in [0.25, 0.3) is 10.9 Å². The maximum Gasteiger partial charge on any atom is 0.404 e. The Morgan fingerprint density at radius 2 is 1.79 bits per heavy atom. The fourth-order valence-corrected chi connectivity index (χ4v) is 3.52. The summed E-state index contributed by atoms with van der Waals surface area (Å²) in [7, 11) is 0. The van der Waals surface area contributed by atoms with Crippen molar-refractivity contribution in [3.63, 3.8) is 0 Å². The molecular weight excluding hydrogens is 356 g/mol. The lowest BCUT2D eigenvalue weighted by molar-refractivity contribution is 0.1000. The SMILES string of the molecule is CC(C)(C)C(CCCCCCCOC(N)=O)n1ncc2cc(C(N)=O)ccc21. The molecule has 28 heavy (non-hydrogen) atoms. The first-order chi connectivity index (χ1) is 13.2. The van der Waals surface area contributed by atoms with Gasteiger partial charge in [-0.1, -0.05) is 46.5 Å². The lowest BCUT2D eigenvalue weighted by Crippen LogP contribution is -2.25. The molecule has 0 radical (unpaired) electrons. The Morgan fingerprint density at radius 1 is 1.11 bits per heavy atom. The molecule has 1 heterocycles. The van der Waals surface area contributed by atoms with Gasteiger partial charge >= 0.3 is 6.09 Å². The first-order valence-electron chi connectivity index (χ1n) is 9.89. The van der Waals surface area contributed by atoms with E-state index in [-0.39, 0.29) is 11.5 Å². The second kappa shape index (κ2) is 9.57. The van der Waals surface area contributed by atoms with E-state index < -0.39 is 12.0 Å². The molecule has 4 N–H and O–H groups in total. The minimum atomic E-state index is -0.706. The van der Waals surface area contributed by atoms with E-state index in [1.54, 1.807) is 18.3 Å². The van der Waals surface area contributed by atoms with Crippen molar-refractivity contribution in [2.75, 3.05) is 6.61 Å². The standard InChI is InChI=1S/C21H32N4O3/c1-21(2,3)18(9-7-5-4-6-8-12-28-20(23)27)25-17-11-10-15(19(22)26)13-16(17)14-24-25/h10-11,13-14,18H,4-9,12H2,1-3H3,(H2,22,26)(H2,23,27). The maximum atomic E-state index is 11.4. The van der Waals surface area contributed by atoms with Gasteiger partial charge in [-0.05, 0) is 36.5 Å². The van der Waals surface area contributed by atoms with Crippen LogP contribution in [0.2, 0.25) is 0 Å². The van der Waals surface area contributed by atoms with E-state index in [1.165, 1.54) is 0 Å². The van der Waals surface area contributed by atoms with Crippen LogP contribution in [0.1, 0.15) is 75.7 Å². The highest BCUT2D eigenvalue weighted by molar-refractivity contribution is 5.96. The molecule has 0 aliphatic heterocycles. The summed E-state index contributed by atoms with van der Waals surface area (Å²) < 4.78 is 6.83. The van der Waals surface area contributed by atoms with E-state index in [0.717, 1.165) is 49.4 Å². The van der Waals surface area contributed by atoms with Crippen molar-refractivity contribution in [2.24, 2.45) is 16.9 Å². The molecule has 1 unspecified atom stereocenters. The molecule has 7 nitrogen and oxygen atoms in total. The normalized spacial score (nSPS) is 12.8. The van der Waals surface area contributed by atoms with Crippen LogP contribution < -0.4 is 11.5 Å². The first kappa shape index (κ1) is 21.7. The molecule has 0 saturated heterocycles. The quantitative estimate of drug-likeness (QED) is 0.595. The van der Waals surface area contributed by atoms with Crippen molar-refractivity contribution in [1.29, 1.82) is 0 Å².